The lowest BCUT2D eigenvalue weighted by atomic mass is 9.86. The van der Waals surface area contributed by atoms with Crippen LogP contribution in [0.1, 0.15) is 77.0 Å². The van der Waals surface area contributed by atoms with Crippen molar-refractivity contribution in [3.63, 3.8) is 0 Å². The normalized spacial score (nSPS) is 17.7. The fraction of sp³-hybridized carbons (Fsp3) is 0.432. The molecule has 0 spiro atoms. The number of aryl methyl sites for hydroxylation is 1. The zero-order chi connectivity index (χ0) is 28.6. The van der Waals surface area contributed by atoms with Crippen LogP contribution < -0.4 is 10.6 Å². The molecule has 0 bridgehead atoms. The van der Waals surface area contributed by atoms with E-state index in [2.05, 4.69) is 95.4 Å². The molecular weight excluding hydrogens is 502 g/mol. The molecule has 216 valence electrons. The lowest BCUT2D eigenvalue weighted by molar-refractivity contribution is -0.124. The number of H-pyrrole nitrogens is 1. The summed E-state index contributed by atoms with van der Waals surface area (Å²) in [5, 5.41) is 10.9. The molecule has 0 fully saturated rings. The SMILES string of the molecule is CCCC(CCNCCCc1c(C2=CCCC=C2)[nH]c2c1ccc1ccccc12)C1=CC(NC(=O)C(C)C)CC=C1. The topological polar surface area (TPSA) is 56.9 Å². The molecule has 41 heavy (non-hydrogen) atoms. The van der Waals surface area contributed by atoms with Crippen molar-refractivity contribution in [2.75, 3.05) is 13.1 Å². The number of hydrogen-bond acceptors (Lipinski definition) is 2. The molecule has 3 N–H and O–H groups in total. The summed E-state index contributed by atoms with van der Waals surface area (Å²) in [5.41, 5.74) is 6.73. The minimum absolute atomic E-state index is 0.0175. The zero-order valence-corrected chi connectivity index (χ0v) is 25.1. The average molecular weight is 550 g/mol. The highest BCUT2D eigenvalue weighted by atomic mass is 16.1. The third kappa shape index (κ3) is 7.11. The van der Waals surface area contributed by atoms with E-state index in [1.165, 1.54) is 56.9 Å². The molecular formula is C37H47N3O. The van der Waals surface area contributed by atoms with Gasteiger partial charge in [0.15, 0.2) is 0 Å². The Labute approximate surface area is 246 Å². The maximum absolute atomic E-state index is 12.2. The van der Waals surface area contributed by atoms with E-state index in [0.717, 1.165) is 51.6 Å². The number of carbonyl (C=O) groups is 1. The van der Waals surface area contributed by atoms with Crippen LogP contribution in [-0.4, -0.2) is 30.0 Å². The van der Waals surface area contributed by atoms with E-state index < -0.39 is 0 Å². The van der Waals surface area contributed by atoms with Crippen LogP contribution in [0.3, 0.4) is 0 Å². The number of hydrogen-bond donors (Lipinski definition) is 3. The van der Waals surface area contributed by atoms with Gasteiger partial charge in [0, 0.05) is 22.4 Å². The largest absolute Gasteiger partial charge is 0.354 e. The Morgan fingerprint density at radius 2 is 1.88 bits per heavy atom. The molecule has 4 heteroatoms. The molecule has 2 aliphatic carbocycles. The van der Waals surface area contributed by atoms with Crippen molar-refractivity contribution in [1.82, 2.24) is 15.6 Å². The lowest BCUT2D eigenvalue weighted by Gasteiger charge is -2.24. The van der Waals surface area contributed by atoms with Gasteiger partial charge in [-0.1, -0.05) is 100 Å². The molecule has 2 unspecified atom stereocenters. The van der Waals surface area contributed by atoms with Gasteiger partial charge in [-0.2, -0.15) is 0 Å². The Morgan fingerprint density at radius 3 is 2.68 bits per heavy atom. The van der Waals surface area contributed by atoms with Gasteiger partial charge in [0.05, 0.1) is 11.6 Å². The highest BCUT2D eigenvalue weighted by Crippen LogP contribution is 2.34. The highest BCUT2D eigenvalue weighted by Gasteiger charge is 2.19. The van der Waals surface area contributed by atoms with Gasteiger partial charge in [0.1, 0.15) is 0 Å². The maximum Gasteiger partial charge on any atom is 0.223 e. The number of nitrogens with one attached hydrogen (secondary N) is 3. The first kappa shape index (κ1) is 29.1. The van der Waals surface area contributed by atoms with Gasteiger partial charge in [-0.05, 0) is 86.0 Å². The number of aromatic nitrogens is 1. The van der Waals surface area contributed by atoms with Crippen molar-refractivity contribution in [3.05, 3.63) is 89.7 Å². The van der Waals surface area contributed by atoms with Crippen molar-refractivity contribution in [2.45, 2.75) is 78.2 Å². The number of allylic oxidation sites excluding steroid dienone is 6. The number of rotatable bonds is 13. The first-order chi connectivity index (χ1) is 20.0. The lowest BCUT2D eigenvalue weighted by Crippen LogP contribution is -2.37. The van der Waals surface area contributed by atoms with Gasteiger partial charge < -0.3 is 15.6 Å². The summed E-state index contributed by atoms with van der Waals surface area (Å²) in [6.45, 7) is 8.20. The van der Waals surface area contributed by atoms with Gasteiger partial charge in [0.25, 0.3) is 0 Å². The van der Waals surface area contributed by atoms with Crippen molar-refractivity contribution in [2.24, 2.45) is 11.8 Å². The molecule has 2 aromatic carbocycles. The van der Waals surface area contributed by atoms with Crippen molar-refractivity contribution >= 4 is 33.2 Å². The molecule has 1 aromatic heterocycles. The molecule has 2 aliphatic rings. The van der Waals surface area contributed by atoms with E-state index in [4.69, 9.17) is 0 Å². The van der Waals surface area contributed by atoms with Crippen LogP contribution in [-0.2, 0) is 11.2 Å². The fourth-order valence-electron chi connectivity index (χ4n) is 6.34. The number of aromatic amines is 1. The smallest absolute Gasteiger partial charge is 0.223 e. The monoisotopic (exact) mass is 549 g/mol. The van der Waals surface area contributed by atoms with Gasteiger partial charge in [-0.15, -0.1) is 0 Å². The van der Waals surface area contributed by atoms with Crippen LogP contribution in [0, 0.1) is 11.8 Å². The van der Waals surface area contributed by atoms with E-state index in [-0.39, 0.29) is 17.9 Å². The van der Waals surface area contributed by atoms with Crippen molar-refractivity contribution < 1.29 is 4.79 Å². The summed E-state index contributed by atoms with van der Waals surface area (Å²) < 4.78 is 0. The molecule has 0 saturated carbocycles. The Hall–Kier alpha value is -3.37. The second-order valence-corrected chi connectivity index (χ2v) is 12.0. The number of amides is 1. The molecule has 0 aliphatic heterocycles. The Balaban J connectivity index is 1.20. The Bertz CT molecular complexity index is 1470. The number of carbonyl (C=O) groups excluding carboxylic acids is 1. The van der Waals surface area contributed by atoms with Crippen LogP contribution in [0.2, 0.25) is 0 Å². The maximum atomic E-state index is 12.2. The minimum atomic E-state index is 0.0175. The fourth-order valence-corrected chi connectivity index (χ4v) is 6.34. The molecule has 2 atom stereocenters. The summed E-state index contributed by atoms with van der Waals surface area (Å²) in [6.07, 6.45) is 22.5. The van der Waals surface area contributed by atoms with Crippen LogP contribution in [0.5, 0.6) is 0 Å². The third-order valence-electron chi connectivity index (χ3n) is 8.59. The standard InChI is InChI=1S/C37H47N3O/c1-4-12-27(30-16-10-17-31(25-30)39-37(41)26(2)3)22-24-38-23-11-19-33-34-21-20-28-13-8-9-18-32(28)36(34)40-35(33)29-14-6-5-7-15-29/h6,8-10,13-16,18,20-21,25-27,31,38,40H,4-5,7,11-12,17,19,22-24H2,1-3H3,(H,39,41). The van der Waals surface area contributed by atoms with Crippen LogP contribution in [0.4, 0.5) is 0 Å². The molecule has 0 radical (unpaired) electrons. The summed E-state index contributed by atoms with van der Waals surface area (Å²) >= 11 is 0. The summed E-state index contributed by atoms with van der Waals surface area (Å²) in [6, 6.07) is 13.4. The van der Waals surface area contributed by atoms with Gasteiger partial charge in [-0.25, -0.2) is 0 Å². The first-order valence-corrected chi connectivity index (χ1v) is 15.8. The second-order valence-electron chi connectivity index (χ2n) is 12.0. The van der Waals surface area contributed by atoms with Crippen molar-refractivity contribution in [3.8, 4) is 0 Å². The van der Waals surface area contributed by atoms with Gasteiger partial charge in [-0.3, -0.25) is 4.79 Å². The van der Waals surface area contributed by atoms with Crippen molar-refractivity contribution in [1.29, 1.82) is 0 Å². The highest BCUT2D eigenvalue weighted by molar-refractivity contribution is 6.08. The Kier molecular flexibility index (Phi) is 9.95. The quantitative estimate of drug-likeness (QED) is 0.187. The van der Waals surface area contributed by atoms with Gasteiger partial charge >= 0.3 is 0 Å². The van der Waals surface area contributed by atoms with E-state index in [1.807, 2.05) is 13.8 Å². The van der Waals surface area contributed by atoms with E-state index in [9.17, 15) is 4.79 Å². The first-order valence-electron chi connectivity index (χ1n) is 15.8. The third-order valence-corrected chi connectivity index (χ3v) is 8.59. The predicted molar refractivity (Wildman–Crippen MR) is 175 cm³/mol. The van der Waals surface area contributed by atoms with Crippen LogP contribution >= 0.6 is 0 Å². The summed E-state index contributed by atoms with van der Waals surface area (Å²) in [5.74, 6) is 0.682. The Morgan fingerprint density at radius 1 is 1.00 bits per heavy atom. The molecule has 1 heterocycles. The van der Waals surface area contributed by atoms with Gasteiger partial charge in [0.2, 0.25) is 5.91 Å². The summed E-state index contributed by atoms with van der Waals surface area (Å²) in [7, 11) is 0. The average Bonchev–Trinajstić information content (AvgIpc) is 3.38. The molecule has 0 saturated heterocycles. The number of benzene rings is 2. The number of fused-ring (bicyclic) bond motifs is 3. The molecule has 4 nitrogen and oxygen atoms in total. The minimum Gasteiger partial charge on any atom is -0.354 e. The van der Waals surface area contributed by atoms with E-state index in [0.29, 0.717) is 5.92 Å². The molecule has 1 amide bonds. The second kappa shape index (κ2) is 14.0. The summed E-state index contributed by atoms with van der Waals surface area (Å²) in [4.78, 5) is 16.1. The molecule has 3 aromatic rings. The van der Waals surface area contributed by atoms with E-state index >= 15 is 0 Å². The zero-order valence-electron chi connectivity index (χ0n) is 25.1. The van der Waals surface area contributed by atoms with Crippen LogP contribution in [0.25, 0.3) is 27.2 Å². The van der Waals surface area contributed by atoms with E-state index in [1.54, 1.807) is 0 Å². The van der Waals surface area contributed by atoms with Crippen LogP contribution in [0.15, 0.2) is 78.4 Å². The molecule has 5 rings (SSSR count). The predicted octanol–water partition coefficient (Wildman–Crippen LogP) is 8.41.